The fraction of sp³-hybridized carbons (Fsp3) is 0.895. The minimum absolute atomic E-state index is 0.0839. The molecule has 0 fully saturated rings. The van der Waals surface area contributed by atoms with Crippen molar-refractivity contribution in [2.75, 3.05) is 0 Å². The molecule has 0 aliphatic heterocycles. The minimum atomic E-state index is -0.743. The molecule has 0 saturated heterocycles. The molecule has 0 radical (unpaired) electrons. The summed E-state index contributed by atoms with van der Waals surface area (Å²) in [7, 11) is 0. The minimum Gasteiger partial charge on any atom is -0.481 e. The maximum atomic E-state index is 11.4. The molecule has 2 N–H and O–H groups in total. The Hall–Kier alpha value is -1.06. The highest BCUT2D eigenvalue weighted by Gasteiger charge is 2.31. The van der Waals surface area contributed by atoms with E-state index >= 15 is 0 Å². The topological polar surface area (TPSA) is 74.6 Å². The number of unbranched alkanes of at least 4 members (excludes halogenated alkanes) is 6. The van der Waals surface area contributed by atoms with Crippen LogP contribution in [-0.2, 0) is 9.59 Å². The van der Waals surface area contributed by atoms with Crippen LogP contribution < -0.4 is 0 Å². The molecule has 136 valence electrons. The summed E-state index contributed by atoms with van der Waals surface area (Å²) in [5, 5.41) is 18.1. The van der Waals surface area contributed by atoms with Crippen molar-refractivity contribution in [3.8, 4) is 0 Å². The maximum Gasteiger partial charge on any atom is 0.303 e. The van der Waals surface area contributed by atoms with Gasteiger partial charge in [-0.3, -0.25) is 9.59 Å². The van der Waals surface area contributed by atoms with Gasteiger partial charge in [0.25, 0.3) is 0 Å². The fourth-order valence-corrected chi connectivity index (χ4v) is 3.41. The summed E-state index contributed by atoms with van der Waals surface area (Å²) in [6.07, 6.45) is 12.7. The Kier molecular flexibility index (Phi) is 12.8. The Labute approximate surface area is 141 Å². The van der Waals surface area contributed by atoms with E-state index in [0.717, 1.165) is 70.6 Å². The van der Waals surface area contributed by atoms with Gasteiger partial charge in [-0.15, -0.1) is 0 Å². The molecule has 0 aliphatic rings. The van der Waals surface area contributed by atoms with E-state index < -0.39 is 11.9 Å². The quantitative estimate of drug-likeness (QED) is 0.359. The monoisotopic (exact) mass is 328 g/mol. The van der Waals surface area contributed by atoms with Crippen LogP contribution in [0.4, 0.5) is 0 Å². The summed E-state index contributed by atoms with van der Waals surface area (Å²) in [5.41, 5.74) is -0.0839. The summed E-state index contributed by atoms with van der Waals surface area (Å²) in [6, 6.07) is 0. The molecular formula is C19H36O4. The maximum absolute atomic E-state index is 11.4. The molecule has 0 amide bonds. The first-order valence-electron chi connectivity index (χ1n) is 9.39. The van der Waals surface area contributed by atoms with Crippen molar-refractivity contribution >= 4 is 11.9 Å². The lowest BCUT2D eigenvalue weighted by molar-refractivity contribution is -0.140. The second-order valence-electron chi connectivity index (χ2n) is 6.94. The van der Waals surface area contributed by atoms with Crippen molar-refractivity contribution in [1.29, 1.82) is 0 Å². The van der Waals surface area contributed by atoms with Crippen LogP contribution >= 0.6 is 0 Å². The number of rotatable bonds is 16. The van der Waals surface area contributed by atoms with Crippen LogP contribution in [0.3, 0.4) is 0 Å². The molecule has 0 heterocycles. The van der Waals surface area contributed by atoms with Crippen molar-refractivity contribution in [2.24, 2.45) is 5.41 Å². The molecule has 0 aromatic rings. The SMILES string of the molecule is CCCCCC(CCCCC)(CCCCCC(=O)O)CC(=O)O. The van der Waals surface area contributed by atoms with Gasteiger partial charge in [0.05, 0.1) is 6.42 Å². The number of hydrogen-bond donors (Lipinski definition) is 2. The Bertz CT molecular complexity index is 315. The molecule has 4 heteroatoms. The summed E-state index contributed by atoms with van der Waals surface area (Å²) in [5.74, 6) is -1.43. The highest BCUT2D eigenvalue weighted by atomic mass is 16.4. The molecule has 0 spiro atoms. The van der Waals surface area contributed by atoms with Gasteiger partial charge in [0.2, 0.25) is 0 Å². The Morgan fingerprint density at radius 1 is 0.696 bits per heavy atom. The van der Waals surface area contributed by atoms with Gasteiger partial charge in [0.1, 0.15) is 0 Å². The molecule has 0 unspecified atom stereocenters. The first-order valence-corrected chi connectivity index (χ1v) is 9.39. The fourth-order valence-electron chi connectivity index (χ4n) is 3.41. The molecule has 0 bridgehead atoms. The van der Waals surface area contributed by atoms with E-state index in [1.165, 1.54) is 0 Å². The van der Waals surface area contributed by atoms with E-state index in [4.69, 9.17) is 5.11 Å². The molecule has 4 nitrogen and oxygen atoms in total. The number of carbonyl (C=O) groups is 2. The number of carboxylic acid groups (broad SMARTS) is 2. The molecule has 0 saturated carbocycles. The lowest BCUT2D eigenvalue weighted by atomic mass is 9.71. The zero-order chi connectivity index (χ0) is 17.6. The number of aliphatic carboxylic acids is 2. The summed E-state index contributed by atoms with van der Waals surface area (Å²) >= 11 is 0. The largest absolute Gasteiger partial charge is 0.481 e. The highest BCUT2D eigenvalue weighted by molar-refractivity contribution is 5.67. The number of hydrogen-bond acceptors (Lipinski definition) is 2. The van der Waals surface area contributed by atoms with Crippen LogP contribution in [0.5, 0.6) is 0 Å². The van der Waals surface area contributed by atoms with Gasteiger partial charge in [-0.25, -0.2) is 0 Å². The zero-order valence-corrected chi connectivity index (χ0v) is 15.1. The Morgan fingerprint density at radius 2 is 1.17 bits per heavy atom. The van der Waals surface area contributed by atoms with Crippen molar-refractivity contribution in [3.05, 3.63) is 0 Å². The van der Waals surface area contributed by atoms with E-state index in [1.54, 1.807) is 0 Å². The summed E-state index contributed by atoms with van der Waals surface area (Å²) in [4.78, 5) is 22.0. The molecule has 0 aromatic heterocycles. The lowest BCUT2D eigenvalue weighted by Gasteiger charge is -2.33. The van der Waals surface area contributed by atoms with Gasteiger partial charge >= 0.3 is 11.9 Å². The average Bonchev–Trinajstić information content (AvgIpc) is 2.46. The van der Waals surface area contributed by atoms with Crippen LogP contribution in [0.25, 0.3) is 0 Å². The number of carboxylic acids is 2. The van der Waals surface area contributed by atoms with Gasteiger partial charge < -0.3 is 10.2 Å². The van der Waals surface area contributed by atoms with Gasteiger partial charge in [0.15, 0.2) is 0 Å². The summed E-state index contributed by atoms with van der Waals surface area (Å²) in [6.45, 7) is 4.34. The smallest absolute Gasteiger partial charge is 0.303 e. The lowest BCUT2D eigenvalue weighted by Crippen LogP contribution is -2.25. The Morgan fingerprint density at radius 3 is 1.57 bits per heavy atom. The highest BCUT2D eigenvalue weighted by Crippen LogP contribution is 2.40. The van der Waals surface area contributed by atoms with Crippen molar-refractivity contribution < 1.29 is 19.8 Å². The average molecular weight is 328 g/mol. The third kappa shape index (κ3) is 12.1. The predicted octanol–water partition coefficient (Wildman–Crippen LogP) is 5.64. The molecular weight excluding hydrogens is 292 g/mol. The first-order chi connectivity index (χ1) is 11.0. The third-order valence-corrected chi connectivity index (χ3v) is 4.75. The van der Waals surface area contributed by atoms with Crippen LogP contribution in [0.2, 0.25) is 0 Å². The van der Waals surface area contributed by atoms with Crippen LogP contribution in [0.1, 0.15) is 104 Å². The standard InChI is InChI=1S/C19H36O4/c1-3-5-9-13-19(16-18(22)23,14-10-6-4-2)15-11-7-8-12-17(20)21/h3-16H2,1-2H3,(H,20,21)(H,22,23). The molecule has 23 heavy (non-hydrogen) atoms. The van der Waals surface area contributed by atoms with Crippen LogP contribution in [0.15, 0.2) is 0 Å². The Balaban J connectivity index is 4.59. The second kappa shape index (κ2) is 13.4. The normalized spacial score (nSPS) is 11.6. The van der Waals surface area contributed by atoms with Crippen molar-refractivity contribution in [1.82, 2.24) is 0 Å². The zero-order valence-electron chi connectivity index (χ0n) is 15.1. The van der Waals surface area contributed by atoms with Crippen LogP contribution in [-0.4, -0.2) is 22.2 Å². The first kappa shape index (κ1) is 21.9. The van der Waals surface area contributed by atoms with E-state index in [9.17, 15) is 14.7 Å². The van der Waals surface area contributed by atoms with Crippen molar-refractivity contribution in [2.45, 2.75) is 104 Å². The van der Waals surface area contributed by atoms with E-state index in [-0.39, 0.29) is 18.3 Å². The van der Waals surface area contributed by atoms with Gasteiger partial charge in [0, 0.05) is 6.42 Å². The second-order valence-corrected chi connectivity index (χ2v) is 6.94. The third-order valence-electron chi connectivity index (χ3n) is 4.75. The van der Waals surface area contributed by atoms with Gasteiger partial charge in [-0.1, -0.05) is 65.2 Å². The molecule has 0 aliphatic carbocycles. The van der Waals surface area contributed by atoms with Gasteiger partial charge in [-0.2, -0.15) is 0 Å². The predicted molar refractivity (Wildman–Crippen MR) is 93.7 cm³/mol. The summed E-state index contributed by atoms with van der Waals surface area (Å²) < 4.78 is 0. The van der Waals surface area contributed by atoms with Gasteiger partial charge in [-0.05, 0) is 31.1 Å². The molecule has 0 atom stereocenters. The van der Waals surface area contributed by atoms with E-state index in [0.29, 0.717) is 6.42 Å². The van der Waals surface area contributed by atoms with E-state index in [2.05, 4.69) is 13.8 Å². The van der Waals surface area contributed by atoms with Crippen molar-refractivity contribution in [3.63, 3.8) is 0 Å². The van der Waals surface area contributed by atoms with E-state index in [1.807, 2.05) is 0 Å². The molecule has 0 aromatic carbocycles. The molecule has 0 rings (SSSR count). The van der Waals surface area contributed by atoms with Crippen LogP contribution in [0, 0.1) is 5.41 Å².